The van der Waals surface area contributed by atoms with Crippen molar-refractivity contribution in [2.75, 3.05) is 59.9 Å². The van der Waals surface area contributed by atoms with Crippen LogP contribution >= 0.6 is 58.0 Å². The molecule has 1 unspecified atom stereocenters. The van der Waals surface area contributed by atoms with Gasteiger partial charge in [0.1, 0.15) is 34.2 Å². The Morgan fingerprint density at radius 1 is 0.589 bits per heavy atom. The number of nitrogens with one attached hydrogen (secondary N) is 1. The van der Waals surface area contributed by atoms with Gasteiger partial charge in [0.2, 0.25) is 11.2 Å². The summed E-state index contributed by atoms with van der Waals surface area (Å²) in [5.74, 6) is 2.97. The lowest BCUT2D eigenvalue weighted by Gasteiger charge is -2.24. The SMILES string of the molecule is COc1cc(OC)c(Cl)c(-c2ccc3nc(Cl)ncc3c2)c1Cl.COc1cc(OC)c(Cl)c(-c2ccc3nc(NC4CN(C(=O)OC(C)(C)C)C[C@H]4C)ncc3c2)c1Cl.C[C@@H]1CN(C(=O)OC(C)(C)C)C[C@H]1N. The molecule has 73 heavy (non-hydrogen) atoms. The molecule has 0 aliphatic carbocycles. The normalized spacial score (nSPS) is 17.6. The number of fused-ring (bicyclic) bond motifs is 2. The number of amides is 2. The zero-order valence-corrected chi connectivity index (χ0v) is 46.6. The number of anilines is 1. The van der Waals surface area contributed by atoms with E-state index in [-0.39, 0.29) is 35.5 Å². The van der Waals surface area contributed by atoms with Crippen molar-refractivity contribution >= 4 is 97.9 Å². The van der Waals surface area contributed by atoms with E-state index in [2.05, 4.69) is 39.1 Å². The number of likely N-dealkylation sites (tertiary alicyclic amines) is 2. The highest BCUT2D eigenvalue weighted by molar-refractivity contribution is 6.42. The second kappa shape index (κ2) is 23.8. The summed E-state index contributed by atoms with van der Waals surface area (Å²) in [5, 5.41) is 6.83. The highest BCUT2D eigenvalue weighted by Gasteiger charge is 2.36. The molecular weight excluding hydrogens is 1040 g/mol. The number of carbonyl (C=O) groups excluding carboxylic acids is 2. The summed E-state index contributed by atoms with van der Waals surface area (Å²) in [4.78, 5) is 44.8. The number of methoxy groups -OCH3 is 4. The van der Waals surface area contributed by atoms with Crippen molar-refractivity contribution in [2.24, 2.45) is 17.6 Å². The van der Waals surface area contributed by atoms with E-state index in [0.29, 0.717) is 92.3 Å². The van der Waals surface area contributed by atoms with Crippen LogP contribution in [0.3, 0.4) is 0 Å². The molecule has 6 aromatic rings. The van der Waals surface area contributed by atoms with Crippen LogP contribution in [0.2, 0.25) is 25.4 Å². The van der Waals surface area contributed by atoms with Crippen LogP contribution in [0.4, 0.5) is 15.5 Å². The van der Waals surface area contributed by atoms with E-state index in [4.69, 9.17) is 92.2 Å². The Morgan fingerprint density at radius 2 is 1.00 bits per heavy atom. The molecule has 2 aliphatic heterocycles. The highest BCUT2D eigenvalue weighted by atomic mass is 35.5. The Morgan fingerprint density at radius 3 is 1.41 bits per heavy atom. The van der Waals surface area contributed by atoms with Gasteiger partial charge in [0, 0.05) is 78.6 Å². The van der Waals surface area contributed by atoms with Gasteiger partial charge in [0.25, 0.3) is 0 Å². The van der Waals surface area contributed by atoms with E-state index in [9.17, 15) is 9.59 Å². The third-order valence-electron chi connectivity index (χ3n) is 11.8. The standard InChI is InChI=1S/C26H30Cl2N4O4.C16H11Cl3N2O2.C10H20N2O2/c1-14-12-32(25(33)36-26(2,3)4)13-18(14)31-24-29-11-16-9-15(7-8-17(16)30-24)21-22(27)19(34-5)10-20(35-6)23(21)28;1-22-11-6-12(23-2)15(18)13(14(11)17)8-3-4-10-9(5-8)7-20-16(19)21-10;1-7-5-12(6-8(7)11)9(13)14-10(2,3)4/h7-11,14,18H,12-13H2,1-6H3,(H,29,30,31);3-7H,1-2H3;7-8H,5-6,11H2,1-4H3/t14-,18?;;7-,8-/m1.1/s1. The van der Waals surface area contributed by atoms with Gasteiger partial charge in [-0.25, -0.2) is 29.5 Å². The van der Waals surface area contributed by atoms with Crippen molar-refractivity contribution in [1.29, 1.82) is 0 Å². The summed E-state index contributed by atoms with van der Waals surface area (Å²) < 4.78 is 32.1. The Labute approximate surface area is 451 Å². The summed E-state index contributed by atoms with van der Waals surface area (Å²) in [6.07, 6.45) is 2.83. The van der Waals surface area contributed by atoms with E-state index >= 15 is 0 Å². The fourth-order valence-corrected chi connectivity index (χ4v) is 9.54. The summed E-state index contributed by atoms with van der Waals surface area (Å²) in [5.41, 5.74) is 9.18. The van der Waals surface area contributed by atoms with Crippen LogP contribution in [0.1, 0.15) is 55.4 Å². The van der Waals surface area contributed by atoms with Gasteiger partial charge in [0.15, 0.2) is 0 Å². The van der Waals surface area contributed by atoms with Crippen molar-refractivity contribution < 1.29 is 38.0 Å². The second-order valence-corrected chi connectivity index (χ2v) is 21.4. The lowest BCUT2D eigenvalue weighted by Crippen LogP contribution is -2.36. The molecule has 0 spiro atoms. The number of ether oxygens (including phenoxy) is 6. The molecular formula is C52H61Cl5N8O8. The molecule has 0 saturated carbocycles. The first-order valence-electron chi connectivity index (χ1n) is 23.2. The number of carbonyl (C=O) groups is 2. The van der Waals surface area contributed by atoms with Crippen LogP contribution in [0, 0.1) is 11.8 Å². The maximum Gasteiger partial charge on any atom is 0.410 e. The molecule has 4 atom stereocenters. The van der Waals surface area contributed by atoms with E-state index in [0.717, 1.165) is 32.9 Å². The average molecular weight is 1100 g/mol. The molecule has 4 aromatic carbocycles. The molecule has 21 heteroatoms. The lowest BCUT2D eigenvalue weighted by molar-refractivity contribution is 0.0277. The average Bonchev–Trinajstić information content (AvgIpc) is 3.87. The molecule has 16 nitrogen and oxygen atoms in total. The van der Waals surface area contributed by atoms with Gasteiger partial charge < -0.3 is 49.3 Å². The van der Waals surface area contributed by atoms with Gasteiger partial charge in [-0.2, -0.15) is 0 Å². The van der Waals surface area contributed by atoms with Crippen LogP contribution in [0.15, 0.2) is 60.9 Å². The third-order valence-corrected chi connectivity index (χ3v) is 13.4. The van der Waals surface area contributed by atoms with E-state index in [1.807, 2.05) is 77.9 Å². The minimum Gasteiger partial charge on any atom is -0.495 e. The van der Waals surface area contributed by atoms with Gasteiger partial charge in [-0.15, -0.1) is 0 Å². The first kappa shape index (κ1) is 56.8. The monoisotopic (exact) mass is 1100 g/mol. The molecule has 2 fully saturated rings. The first-order valence-corrected chi connectivity index (χ1v) is 25.1. The first-order chi connectivity index (χ1) is 34.3. The fraction of sp³-hybridized carbons (Fsp3) is 0.423. The smallest absolute Gasteiger partial charge is 0.410 e. The van der Waals surface area contributed by atoms with Crippen LogP contribution < -0.4 is 30.0 Å². The summed E-state index contributed by atoms with van der Waals surface area (Å²) in [6.45, 7) is 17.8. The molecule has 0 radical (unpaired) electrons. The zero-order valence-electron chi connectivity index (χ0n) is 42.8. The van der Waals surface area contributed by atoms with Crippen molar-refractivity contribution in [3.63, 3.8) is 0 Å². The molecule has 0 bridgehead atoms. The Hall–Kier alpha value is -5.49. The zero-order chi connectivity index (χ0) is 53.7. The predicted octanol–water partition coefficient (Wildman–Crippen LogP) is 12.8. The molecule has 4 heterocycles. The molecule has 2 aliphatic rings. The van der Waals surface area contributed by atoms with Gasteiger partial charge in [-0.1, -0.05) is 72.4 Å². The molecule has 2 aromatic heterocycles. The number of halogens is 5. The quantitative estimate of drug-likeness (QED) is 0.137. The number of hydrogen-bond donors (Lipinski definition) is 2. The fourth-order valence-electron chi connectivity index (χ4n) is 7.97. The van der Waals surface area contributed by atoms with Gasteiger partial charge in [-0.05, 0) is 100 Å². The van der Waals surface area contributed by atoms with Gasteiger partial charge in [0.05, 0.1) is 65.6 Å². The third kappa shape index (κ3) is 14.0. The van der Waals surface area contributed by atoms with E-state index < -0.39 is 11.2 Å². The van der Waals surface area contributed by atoms with Crippen molar-refractivity contribution in [1.82, 2.24) is 29.7 Å². The summed E-state index contributed by atoms with van der Waals surface area (Å²) in [6, 6.07) is 14.7. The van der Waals surface area contributed by atoms with Crippen LogP contribution in [-0.2, 0) is 9.47 Å². The summed E-state index contributed by atoms with van der Waals surface area (Å²) >= 11 is 31.9. The minimum atomic E-state index is -0.531. The molecule has 8 rings (SSSR count). The van der Waals surface area contributed by atoms with Crippen LogP contribution in [0.25, 0.3) is 44.1 Å². The highest BCUT2D eigenvalue weighted by Crippen LogP contribution is 2.48. The minimum absolute atomic E-state index is 0.0103. The lowest BCUT2D eigenvalue weighted by atomic mass is 10.0. The maximum absolute atomic E-state index is 12.5. The summed E-state index contributed by atoms with van der Waals surface area (Å²) in [7, 11) is 6.15. The second-order valence-electron chi connectivity index (χ2n) is 19.6. The van der Waals surface area contributed by atoms with Crippen LogP contribution in [-0.4, -0.2) is 120 Å². The van der Waals surface area contributed by atoms with E-state index in [1.165, 1.54) is 14.2 Å². The van der Waals surface area contributed by atoms with Gasteiger partial charge in [-0.3, -0.25) is 0 Å². The Balaban J connectivity index is 0.000000200. The number of hydrogen-bond acceptors (Lipinski definition) is 14. The molecule has 3 N–H and O–H groups in total. The molecule has 392 valence electrons. The molecule has 2 saturated heterocycles. The number of aromatic nitrogens is 4. The van der Waals surface area contributed by atoms with Crippen molar-refractivity contribution in [3.05, 3.63) is 86.3 Å². The Bertz CT molecular complexity index is 2910. The number of benzene rings is 4. The number of nitrogens with zero attached hydrogens (tertiary/aromatic N) is 6. The topological polar surface area (TPSA) is 186 Å². The van der Waals surface area contributed by atoms with Crippen molar-refractivity contribution in [2.45, 2.75) is 78.7 Å². The predicted molar refractivity (Wildman–Crippen MR) is 291 cm³/mol. The number of rotatable bonds is 8. The number of nitrogens with two attached hydrogens (primary N) is 1. The van der Waals surface area contributed by atoms with Gasteiger partial charge >= 0.3 is 12.2 Å². The van der Waals surface area contributed by atoms with Crippen molar-refractivity contribution in [3.8, 4) is 45.3 Å². The van der Waals surface area contributed by atoms with Crippen LogP contribution in [0.5, 0.6) is 23.0 Å². The maximum atomic E-state index is 12.5. The Kier molecular flexibility index (Phi) is 18.5. The molecule has 2 amide bonds. The largest absolute Gasteiger partial charge is 0.495 e. The van der Waals surface area contributed by atoms with E-state index in [1.54, 1.807) is 48.5 Å².